The number of carbonyl (C=O) groups is 5. The number of methoxy groups -OCH3 is 2. The molecule has 390 valence electrons. The molecule has 19 nitrogen and oxygen atoms in total. The van der Waals surface area contributed by atoms with Crippen molar-refractivity contribution >= 4 is 64.7 Å². The number of carbonyl (C=O) groups excluding carboxylic acids is 5. The number of nitrogens with zero attached hydrogens (tertiary/aromatic N) is 9. The van der Waals surface area contributed by atoms with Gasteiger partial charge in [0.15, 0.2) is 33.3 Å². The van der Waals surface area contributed by atoms with E-state index in [1.807, 2.05) is 46.4 Å². The molecule has 4 aliphatic rings. The van der Waals surface area contributed by atoms with Crippen molar-refractivity contribution in [2.45, 2.75) is 164 Å². The molecule has 69 heavy (non-hydrogen) atoms. The van der Waals surface area contributed by atoms with Crippen LogP contribution >= 0.6 is 23.2 Å². The van der Waals surface area contributed by atoms with E-state index in [0.29, 0.717) is 68.8 Å². The summed E-state index contributed by atoms with van der Waals surface area (Å²) in [5, 5.41) is 3.91. The fourth-order valence-electron chi connectivity index (χ4n) is 8.15. The van der Waals surface area contributed by atoms with Crippen molar-refractivity contribution in [3.63, 3.8) is 0 Å². The fraction of sp³-hybridized carbons (Fsp3) is 0.729. The number of ether oxygens (including phenoxy) is 4. The van der Waals surface area contributed by atoms with Crippen LogP contribution in [0.25, 0.3) is 0 Å². The van der Waals surface area contributed by atoms with Gasteiger partial charge in [0.05, 0.1) is 26.6 Å². The molecule has 4 fully saturated rings. The van der Waals surface area contributed by atoms with Gasteiger partial charge in [0.25, 0.3) is 0 Å². The van der Waals surface area contributed by atoms with E-state index in [2.05, 4.69) is 72.4 Å². The maximum absolute atomic E-state index is 12.4. The first kappa shape index (κ1) is 60.5. The van der Waals surface area contributed by atoms with Crippen molar-refractivity contribution in [2.24, 2.45) is 0 Å². The highest BCUT2D eigenvalue weighted by Crippen LogP contribution is 2.32. The standard InChI is InChI=1S/C23H36ClN5O4.C13H19ClN4O2.C10H17NO3.2CH4/c1-7-16-14-28(20-19(24)26-18(12-25-20)21(30)32-6)15(2)13-29(16)17-8-10-27(11-9-17)22(31)33-23(3,4)5;1-4-9-7-18(8(2)5-15-9)12-11(14)17-10(6-16-12)13(19)20-3;1-10(2,3)14-9(13)11-6-4-8(12)5-7-11;;/h12,15-17H,7-11,13-14H2,1-6H3;6,8-9,15H,4-5,7H2,1-3H3;4-7H2,1-3H3;2*1H4/t15-,16+;8-,9+;;;/m11.../s1. The summed E-state index contributed by atoms with van der Waals surface area (Å²) in [4.78, 5) is 85.3. The van der Waals surface area contributed by atoms with Gasteiger partial charge in [0, 0.05) is 95.4 Å². The van der Waals surface area contributed by atoms with E-state index in [-0.39, 0.29) is 66.6 Å². The molecule has 0 aliphatic carbocycles. The van der Waals surface area contributed by atoms with E-state index in [0.717, 1.165) is 51.9 Å². The Balaban J connectivity index is 0.000000386. The van der Waals surface area contributed by atoms with Crippen LogP contribution in [0.15, 0.2) is 12.4 Å². The second kappa shape index (κ2) is 27.1. The number of aromatic nitrogens is 4. The summed E-state index contributed by atoms with van der Waals surface area (Å²) in [6, 6.07) is 1.60. The predicted octanol–water partition coefficient (Wildman–Crippen LogP) is 7.96. The molecular formula is C48H80Cl2N10O9. The number of hydrogen-bond acceptors (Lipinski definition) is 17. The molecule has 4 atom stereocenters. The van der Waals surface area contributed by atoms with Crippen LogP contribution in [0.3, 0.4) is 0 Å². The molecule has 0 bridgehead atoms. The molecule has 6 rings (SSSR count). The Morgan fingerprint density at radius 2 is 1.14 bits per heavy atom. The fourth-order valence-corrected chi connectivity index (χ4v) is 8.65. The number of anilines is 2. The first-order valence-corrected chi connectivity index (χ1v) is 24.0. The van der Waals surface area contributed by atoms with Crippen LogP contribution in [0, 0.1) is 0 Å². The van der Waals surface area contributed by atoms with E-state index in [9.17, 15) is 24.0 Å². The van der Waals surface area contributed by atoms with Gasteiger partial charge < -0.3 is 43.9 Å². The molecule has 2 aromatic heterocycles. The van der Waals surface area contributed by atoms with Gasteiger partial charge in [-0.15, -0.1) is 0 Å². The number of likely N-dealkylation sites (tertiary alicyclic amines) is 2. The Labute approximate surface area is 420 Å². The number of rotatable bonds is 7. The highest BCUT2D eigenvalue weighted by molar-refractivity contribution is 6.32. The second-order valence-corrected chi connectivity index (χ2v) is 19.9. The molecule has 4 saturated heterocycles. The highest BCUT2D eigenvalue weighted by Gasteiger charge is 2.39. The number of piperazine rings is 2. The zero-order chi connectivity index (χ0) is 49.8. The summed E-state index contributed by atoms with van der Waals surface area (Å²) < 4.78 is 20.0. The van der Waals surface area contributed by atoms with E-state index in [1.54, 1.807) is 4.90 Å². The lowest BCUT2D eigenvalue weighted by Crippen LogP contribution is -2.62. The monoisotopic (exact) mass is 1010 g/mol. The number of halogens is 2. The zero-order valence-corrected chi connectivity index (χ0v) is 42.9. The largest absolute Gasteiger partial charge is 0.464 e. The summed E-state index contributed by atoms with van der Waals surface area (Å²) in [6.45, 7) is 25.5. The van der Waals surface area contributed by atoms with Crippen LogP contribution < -0.4 is 15.1 Å². The highest BCUT2D eigenvalue weighted by atomic mass is 35.5. The van der Waals surface area contributed by atoms with Crippen LogP contribution in [0.2, 0.25) is 10.3 Å². The molecular weight excluding hydrogens is 931 g/mol. The normalized spacial score (nSPS) is 21.2. The zero-order valence-electron chi connectivity index (χ0n) is 41.4. The lowest BCUT2D eigenvalue weighted by Gasteiger charge is -2.50. The van der Waals surface area contributed by atoms with E-state index < -0.39 is 23.1 Å². The Morgan fingerprint density at radius 3 is 1.55 bits per heavy atom. The molecule has 21 heteroatoms. The number of hydrogen-bond donors (Lipinski definition) is 1. The summed E-state index contributed by atoms with van der Waals surface area (Å²) in [5.41, 5.74) is -0.720. The Morgan fingerprint density at radius 1 is 0.696 bits per heavy atom. The lowest BCUT2D eigenvalue weighted by molar-refractivity contribution is -0.121. The summed E-state index contributed by atoms with van der Waals surface area (Å²) in [6.07, 6.45) is 7.07. The van der Waals surface area contributed by atoms with Gasteiger partial charge in [-0.2, -0.15) is 0 Å². The number of esters is 2. The molecule has 0 unspecified atom stereocenters. The molecule has 4 aliphatic heterocycles. The van der Waals surface area contributed by atoms with Crippen LogP contribution in [-0.2, 0) is 23.7 Å². The average molecular weight is 1010 g/mol. The lowest BCUT2D eigenvalue weighted by atomic mass is 9.96. The van der Waals surface area contributed by atoms with Gasteiger partial charge in [0.2, 0.25) is 0 Å². The van der Waals surface area contributed by atoms with Crippen LogP contribution in [0.5, 0.6) is 0 Å². The Kier molecular flexibility index (Phi) is 23.8. The molecule has 0 saturated carbocycles. The van der Waals surface area contributed by atoms with Crippen molar-refractivity contribution in [2.75, 3.05) is 76.4 Å². The number of Topliss-reactive ketones (excluding diaryl/α,β-unsaturated/α-hetero) is 1. The molecule has 0 radical (unpaired) electrons. The molecule has 0 spiro atoms. The molecule has 6 heterocycles. The van der Waals surface area contributed by atoms with Gasteiger partial charge >= 0.3 is 24.1 Å². The molecule has 0 aromatic carbocycles. The van der Waals surface area contributed by atoms with Crippen LogP contribution in [-0.4, -0.2) is 173 Å². The third-order valence-corrected chi connectivity index (χ3v) is 12.3. The van der Waals surface area contributed by atoms with Gasteiger partial charge in [0.1, 0.15) is 17.0 Å². The minimum absolute atomic E-state index is 0. The van der Waals surface area contributed by atoms with E-state index in [1.165, 1.54) is 26.6 Å². The number of piperidine rings is 2. The third-order valence-electron chi connectivity index (χ3n) is 11.8. The maximum Gasteiger partial charge on any atom is 0.410 e. The van der Waals surface area contributed by atoms with Crippen molar-refractivity contribution in [1.29, 1.82) is 0 Å². The van der Waals surface area contributed by atoms with E-state index >= 15 is 0 Å². The van der Waals surface area contributed by atoms with Crippen molar-refractivity contribution in [1.82, 2.24) is 40.0 Å². The first-order chi connectivity index (χ1) is 31.5. The van der Waals surface area contributed by atoms with Crippen LogP contribution in [0.4, 0.5) is 21.2 Å². The Hall–Kier alpha value is -4.59. The van der Waals surface area contributed by atoms with Crippen LogP contribution in [0.1, 0.15) is 144 Å². The third kappa shape index (κ3) is 17.6. The molecule has 1 N–H and O–H groups in total. The minimum Gasteiger partial charge on any atom is -0.464 e. The van der Waals surface area contributed by atoms with Gasteiger partial charge in [-0.1, -0.05) is 51.9 Å². The minimum atomic E-state index is -0.557. The predicted molar refractivity (Wildman–Crippen MR) is 270 cm³/mol. The first-order valence-electron chi connectivity index (χ1n) is 23.2. The van der Waals surface area contributed by atoms with E-state index in [4.69, 9.17) is 37.4 Å². The summed E-state index contributed by atoms with van der Waals surface area (Å²) in [5.74, 6) is 0.343. The smallest absolute Gasteiger partial charge is 0.410 e. The summed E-state index contributed by atoms with van der Waals surface area (Å²) >= 11 is 12.6. The number of ketones is 1. The van der Waals surface area contributed by atoms with Crippen molar-refractivity contribution < 1.29 is 42.9 Å². The quantitative estimate of drug-likeness (QED) is 0.207. The van der Waals surface area contributed by atoms with Crippen molar-refractivity contribution in [3.05, 3.63) is 34.1 Å². The SMILES string of the molecule is C.C.CC(C)(C)OC(=O)N1CCC(=O)CC1.CC[C@H]1CN(c2ncc(C(=O)OC)nc2Cl)[C@H](C)CN1.CC[C@H]1CN(c2ncc(C(=O)OC)nc2Cl)[C@H](C)CN1C1CCN(C(=O)OC(C)(C)C)CC1. The summed E-state index contributed by atoms with van der Waals surface area (Å²) in [7, 11) is 2.60. The van der Waals surface area contributed by atoms with Gasteiger partial charge in [-0.25, -0.2) is 39.1 Å². The second-order valence-electron chi connectivity index (χ2n) is 19.2. The molecule has 2 amide bonds. The average Bonchev–Trinajstić information content (AvgIpc) is 3.28. The maximum atomic E-state index is 12.4. The van der Waals surface area contributed by atoms with Crippen molar-refractivity contribution in [3.8, 4) is 0 Å². The van der Waals surface area contributed by atoms with Gasteiger partial charge in [-0.05, 0) is 81.1 Å². The number of nitrogens with one attached hydrogen (secondary N) is 1. The topological polar surface area (TPSA) is 202 Å². The Bertz CT molecular complexity index is 2000. The van der Waals surface area contributed by atoms with Gasteiger partial charge in [-0.3, -0.25) is 9.69 Å². The molecule has 2 aromatic rings. The number of amides is 2.